The topological polar surface area (TPSA) is 64.1 Å². The van der Waals surface area contributed by atoms with E-state index in [-0.39, 0.29) is 10.9 Å². The Morgan fingerprint density at radius 1 is 1.15 bits per heavy atom. The zero-order valence-corrected chi connectivity index (χ0v) is 14.8. The molecule has 0 radical (unpaired) electrons. The number of Topliss-reactive ketones (excluding diaryl/α,β-unsaturated/α-hetero) is 1. The fourth-order valence-electron chi connectivity index (χ4n) is 2.55. The Kier molecular flexibility index (Phi) is 5.14. The molecule has 26 heavy (non-hydrogen) atoms. The molecule has 0 bridgehead atoms. The van der Waals surface area contributed by atoms with Crippen LogP contribution >= 0.6 is 11.6 Å². The maximum atomic E-state index is 13.2. The Labute approximate surface area is 154 Å². The van der Waals surface area contributed by atoms with Crippen LogP contribution in [0.5, 0.6) is 5.75 Å². The number of carbonyl (C=O) groups excluding carboxylic acids is 1. The van der Waals surface area contributed by atoms with Gasteiger partial charge in [0.1, 0.15) is 11.0 Å². The molecule has 0 amide bonds. The number of hydrogen-bond acceptors (Lipinski definition) is 5. The molecule has 0 fully saturated rings. The number of pyridine rings is 2. The van der Waals surface area contributed by atoms with Gasteiger partial charge in [0.25, 0.3) is 0 Å². The van der Waals surface area contributed by atoms with Gasteiger partial charge >= 0.3 is 0 Å². The van der Waals surface area contributed by atoms with Crippen LogP contribution in [0.15, 0.2) is 48.8 Å². The molecule has 2 heterocycles. The second kappa shape index (κ2) is 7.49. The summed E-state index contributed by atoms with van der Waals surface area (Å²) in [5.41, 5.74) is 2.77. The normalized spacial score (nSPS) is 10.5. The number of nitrogens with one attached hydrogen (secondary N) is 1. The van der Waals surface area contributed by atoms with Crippen LogP contribution in [0.3, 0.4) is 0 Å². The molecular formula is C19H15ClFN3O2. The standard InChI is InChI=1S/C19H15ClFN3O2/c1-11(25)14-10-23-18(20)8-17(14)24-16-5-3-4-13(19(16)26-2)15-7-6-12(21)9-22-15/h3-10H,1-2H3,(H,23,24). The highest BCUT2D eigenvalue weighted by Gasteiger charge is 2.15. The summed E-state index contributed by atoms with van der Waals surface area (Å²) in [6.07, 6.45) is 2.57. The van der Waals surface area contributed by atoms with E-state index in [0.717, 1.165) is 6.20 Å². The first-order valence-corrected chi connectivity index (χ1v) is 8.10. The minimum atomic E-state index is -0.417. The van der Waals surface area contributed by atoms with E-state index in [1.807, 2.05) is 12.1 Å². The van der Waals surface area contributed by atoms with Crippen molar-refractivity contribution in [3.8, 4) is 17.0 Å². The van der Waals surface area contributed by atoms with Gasteiger partial charge in [-0.25, -0.2) is 9.37 Å². The number of anilines is 2. The minimum absolute atomic E-state index is 0.146. The number of benzene rings is 1. The van der Waals surface area contributed by atoms with Crippen LogP contribution in [0.1, 0.15) is 17.3 Å². The van der Waals surface area contributed by atoms with Gasteiger partial charge in [-0.15, -0.1) is 0 Å². The van der Waals surface area contributed by atoms with Gasteiger partial charge in [0, 0.05) is 11.8 Å². The first-order chi connectivity index (χ1) is 12.5. The zero-order chi connectivity index (χ0) is 18.7. The molecule has 0 unspecified atom stereocenters. The number of aromatic nitrogens is 2. The lowest BCUT2D eigenvalue weighted by molar-refractivity contribution is 0.101. The van der Waals surface area contributed by atoms with Gasteiger partial charge in [-0.3, -0.25) is 9.78 Å². The molecule has 132 valence electrons. The Hall–Kier alpha value is -2.99. The van der Waals surface area contributed by atoms with E-state index < -0.39 is 5.82 Å². The molecule has 0 saturated heterocycles. The summed E-state index contributed by atoms with van der Waals surface area (Å²) in [5, 5.41) is 3.42. The number of halogens is 2. The van der Waals surface area contributed by atoms with Gasteiger partial charge in [-0.05, 0) is 37.3 Å². The molecule has 2 aromatic heterocycles. The van der Waals surface area contributed by atoms with Crippen LogP contribution in [-0.4, -0.2) is 22.9 Å². The molecule has 0 atom stereocenters. The van der Waals surface area contributed by atoms with Crippen molar-refractivity contribution in [2.75, 3.05) is 12.4 Å². The smallest absolute Gasteiger partial charge is 0.163 e. The van der Waals surface area contributed by atoms with Crippen molar-refractivity contribution in [2.24, 2.45) is 0 Å². The number of methoxy groups -OCH3 is 1. The average Bonchev–Trinajstić information content (AvgIpc) is 2.62. The highest BCUT2D eigenvalue weighted by Crippen LogP contribution is 2.37. The Bertz CT molecular complexity index is 961. The lowest BCUT2D eigenvalue weighted by atomic mass is 10.1. The number of ketones is 1. The summed E-state index contributed by atoms with van der Waals surface area (Å²) in [6, 6.07) is 9.89. The third-order valence-electron chi connectivity index (χ3n) is 3.74. The van der Waals surface area contributed by atoms with Crippen molar-refractivity contribution >= 4 is 28.8 Å². The maximum absolute atomic E-state index is 13.2. The second-order valence-electron chi connectivity index (χ2n) is 5.48. The van der Waals surface area contributed by atoms with Crippen LogP contribution in [-0.2, 0) is 0 Å². The van der Waals surface area contributed by atoms with Gasteiger partial charge in [0.2, 0.25) is 0 Å². The summed E-state index contributed by atoms with van der Waals surface area (Å²) in [7, 11) is 1.53. The van der Waals surface area contributed by atoms with Crippen LogP contribution in [0.4, 0.5) is 15.8 Å². The van der Waals surface area contributed by atoms with E-state index in [1.54, 1.807) is 18.2 Å². The van der Waals surface area contributed by atoms with Crippen molar-refractivity contribution in [1.82, 2.24) is 9.97 Å². The van der Waals surface area contributed by atoms with E-state index in [0.29, 0.717) is 33.9 Å². The predicted octanol–water partition coefficient (Wildman–Crippen LogP) is 4.89. The summed E-state index contributed by atoms with van der Waals surface area (Å²) < 4.78 is 18.7. The summed E-state index contributed by atoms with van der Waals surface area (Å²) in [6.45, 7) is 1.45. The summed E-state index contributed by atoms with van der Waals surface area (Å²) in [4.78, 5) is 19.9. The van der Waals surface area contributed by atoms with Gasteiger partial charge < -0.3 is 10.1 Å². The van der Waals surface area contributed by atoms with E-state index in [9.17, 15) is 9.18 Å². The maximum Gasteiger partial charge on any atom is 0.163 e. The van der Waals surface area contributed by atoms with E-state index in [1.165, 1.54) is 26.3 Å². The number of nitrogens with zero attached hydrogens (tertiary/aromatic N) is 2. The SMILES string of the molecule is COc1c(Nc2cc(Cl)ncc2C(C)=O)cccc1-c1ccc(F)cn1. The lowest BCUT2D eigenvalue weighted by Crippen LogP contribution is -2.03. The van der Waals surface area contributed by atoms with Crippen molar-refractivity contribution in [3.63, 3.8) is 0 Å². The molecule has 0 aliphatic rings. The van der Waals surface area contributed by atoms with Crippen LogP contribution in [0.25, 0.3) is 11.3 Å². The molecule has 0 aliphatic heterocycles. The van der Waals surface area contributed by atoms with Gasteiger partial charge in [-0.2, -0.15) is 0 Å². The van der Waals surface area contributed by atoms with Gasteiger partial charge in [-0.1, -0.05) is 17.7 Å². The first kappa shape index (κ1) is 17.8. The van der Waals surface area contributed by atoms with Crippen molar-refractivity contribution < 1.29 is 13.9 Å². The van der Waals surface area contributed by atoms with Crippen LogP contribution in [0.2, 0.25) is 5.15 Å². The third kappa shape index (κ3) is 3.65. The number of ether oxygens (including phenoxy) is 1. The number of rotatable bonds is 5. The molecule has 0 spiro atoms. The van der Waals surface area contributed by atoms with Crippen LogP contribution in [0, 0.1) is 5.82 Å². The minimum Gasteiger partial charge on any atom is -0.494 e. The predicted molar refractivity (Wildman–Crippen MR) is 98.7 cm³/mol. The van der Waals surface area contributed by atoms with Crippen LogP contribution < -0.4 is 10.1 Å². The average molecular weight is 372 g/mol. The lowest BCUT2D eigenvalue weighted by Gasteiger charge is -2.16. The molecule has 0 saturated carbocycles. The quantitative estimate of drug-likeness (QED) is 0.511. The zero-order valence-electron chi connectivity index (χ0n) is 14.1. The van der Waals surface area contributed by atoms with E-state index >= 15 is 0 Å². The van der Waals surface area contributed by atoms with Crippen molar-refractivity contribution in [1.29, 1.82) is 0 Å². The first-order valence-electron chi connectivity index (χ1n) is 7.72. The highest BCUT2D eigenvalue weighted by atomic mass is 35.5. The van der Waals surface area contributed by atoms with E-state index in [4.69, 9.17) is 16.3 Å². The number of carbonyl (C=O) groups is 1. The Balaban J connectivity index is 2.07. The molecule has 5 nitrogen and oxygen atoms in total. The van der Waals surface area contributed by atoms with E-state index in [2.05, 4.69) is 15.3 Å². The van der Waals surface area contributed by atoms with Crippen molar-refractivity contribution in [3.05, 3.63) is 65.3 Å². The molecule has 3 rings (SSSR count). The molecule has 0 aliphatic carbocycles. The van der Waals surface area contributed by atoms with Gasteiger partial charge in [0.15, 0.2) is 11.5 Å². The Morgan fingerprint density at radius 2 is 1.96 bits per heavy atom. The monoisotopic (exact) mass is 371 g/mol. The fourth-order valence-corrected chi connectivity index (χ4v) is 2.71. The van der Waals surface area contributed by atoms with Crippen molar-refractivity contribution in [2.45, 2.75) is 6.92 Å². The summed E-state index contributed by atoms with van der Waals surface area (Å²) >= 11 is 5.96. The number of para-hydroxylation sites is 1. The third-order valence-corrected chi connectivity index (χ3v) is 3.95. The molecule has 3 aromatic rings. The Morgan fingerprint density at radius 3 is 2.62 bits per heavy atom. The summed E-state index contributed by atoms with van der Waals surface area (Å²) in [5.74, 6) is -0.0550. The van der Waals surface area contributed by atoms with Gasteiger partial charge in [0.05, 0.1) is 35.9 Å². The molecule has 7 heteroatoms. The second-order valence-corrected chi connectivity index (χ2v) is 5.87. The largest absolute Gasteiger partial charge is 0.494 e. The molecule has 1 aromatic carbocycles. The molecule has 1 N–H and O–H groups in total. The fraction of sp³-hybridized carbons (Fsp3) is 0.105. The highest BCUT2D eigenvalue weighted by molar-refractivity contribution is 6.29. The molecular weight excluding hydrogens is 357 g/mol. The number of hydrogen-bond donors (Lipinski definition) is 1.